The fraction of sp³-hybridized carbons (Fsp3) is 0.200. The first kappa shape index (κ1) is 21.0. The Hall–Kier alpha value is -1.77. The van der Waals surface area contributed by atoms with Gasteiger partial charge in [0.05, 0.1) is 16.0 Å². The van der Waals surface area contributed by atoms with Crippen LogP contribution in [0.4, 0.5) is 4.79 Å². The molecule has 3 rings (SSSR count). The second-order valence-electron chi connectivity index (χ2n) is 5.92. The summed E-state index contributed by atoms with van der Waals surface area (Å²) >= 11 is 7.87. The first-order chi connectivity index (χ1) is 13.4. The number of amides is 2. The molecular formula is C20H17Br2NO4S. The van der Waals surface area contributed by atoms with E-state index in [0.717, 1.165) is 32.3 Å². The molecule has 1 aliphatic heterocycles. The lowest BCUT2D eigenvalue weighted by Crippen LogP contribution is -2.22. The standard InChI is InChI=1S/C20H17Br2NO4S/c1-3-26-16-9-13(10-17-19(24)23(2)20(25)28-17)8-15(22)18(16)27-11-12-4-6-14(21)7-5-12/h4-10H,3,11H2,1-2H3/b17-10-. The van der Waals surface area contributed by atoms with Crippen molar-refractivity contribution in [2.75, 3.05) is 13.7 Å². The van der Waals surface area contributed by atoms with Gasteiger partial charge in [-0.3, -0.25) is 14.5 Å². The van der Waals surface area contributed by atoms with Crippen LogP contribution in [0.3, 0.4) is 0 Å². The van der Waals surface area contributed by atoms with Gasteiger partial charge in [-0.2, -0.15) is 0 Å². The monoisotopic (exact) mass is 525 g/mol. The molecule has 0 radical (unpaired) electrons. The molecule has 2 amide bonds. The number of carbonyl (C=O) groups is 2. The van der Waals surface area contributed by atoms with Crippen LogP contribution in [0.25, 0.3) is 6.08 Å². The Morgan fingerprint density at radius 3 is 2.43 bits per heavy atom. The zero-order chi connectivity index (χ0) is 20.3. The van der Waals surface area contributed by atoms with Crippen LogP contribution in [0.15, 0.2) is 50.2 Å². The SMILES string of the molecule is CCOc1cc(/C=C2\SC(=O)N(C)C2=O)cc(Br)c1OCc1ccc(Br)cc1. The van der Waals surface area contributed by atoms with Crippen molar-refractivity contribution in [3.05, 3.63) is 61.4 Å². The maximum absolute atomic E-state index is 12.1. The highest BCUT2D eigenvalue weighted by atomic mass is 79.9. The number of ether oxygens (including phenoxy) is 2. The summed E-state index contributed by atoms with van der Waals surface area (Å²) < 4.78 is 13.4. The minimum Gasteiger partial charge on any atom is -0.490 e. The van der Waals surface area contributed by atoms with Crippen LogP contribution in [-0.2, 0) is 11.4 Å². The molecule has 0 N–H and O–H groups in total. The van der Waals surface area contributed by atoms with Crippen LogP contribution < -0.4 is 9.47 Å². The van der Waals surface area contributed by atoms with E-state index in [0.29, 0.717) is 34.1 Å². The third kappa shape index (κ3) is 4.79. The zero-order valence-corrected chi connectivity index (χ0v) is 19.2. The van der Waals surface area contributed by atoms with Crippen molar-refractivity contribution in [1.29, 1.82) is 0 Å². The van der Waals surface area contributed by atoms with Crippen molar-refractivity contribution < 1.29 is 19.1 Å². The lowest BCUT2D eigenvalue weighted by Gasteiger charge is -2.15. The highest BCUT2D eigenvalue weighted by Gasteiger charge is 2.31. The van der Waals surface area contributed by atoms with Gasteiger partial charge in [0, 0.05) is 11.5 Å². The van der Waals surface area contributed by atoms with E-state index in [4.69, 9.17) is 9.47 Å². The average Bonchev–Trinajstić information content (AvgIpc) is 2.89. The second-order valence-corrected chi connectivity index (χ2v) is 8.68. The molecule has 0 spiro atoms. The van der Waals surface area contributed by atoms with Gasteiger partial charge in [0.15, 0.2) is 11.5 Å². The van der Waals surface area contributed by atoms with E-state index < -0.39 is 0 Å². The molecule has 8 heteroatoms. The highest BCUT2D eigenvalue weighted by Crippen LogP contribution is 2.39. The fourth-order valence-corrected chi connectivity index (χ4v) is 4.17. The topological polar surface area (TPSA) is 55.8 Å². The highest BCUT2D eigenvalue weighted by molar-refractivity contribution is 9.10. The Morgan fingerprint density at radius 1 is 1.11 bits per heavy atom. The van der Waals surface area contributed by atoms with Crippen LogP contribution in [-0.4, -0.2) is 29.7 Å². The molecule has 5 nitrogen and oxygen atoms in total. The number of rotatable bonds is 6. The normalized spacial score (nSPS) is 15.4. The predicted octanol–water partition coefficient (Wildman–Crippen LogP) is 5.86. The number of thioether (sulfide) groups is 1. The van der Waals surface area contributed by atoms with E-state index in [2.05, 4.69) is 31.9 Å². The molecule has 28 heavy (non-hydrogen) atoms. The number of hydrogen-bond acceptors (Lipinski definition) is 5. The van der Waals surface area contributed by atoms with Crippen LogP contribution in [0, 0.1) is 0 Å². The first-order valence-electron chi connectivity index (χ1n) is 8.44. The summed E-state index contributed by atoms with van der Waals surface area (Å²) in [5.74, 6) is 0.848. The largest absolute Gasteiger partial charge is 0.490 e. The number of benzene rings is 2. The van der Waals surface area contributed by atoms with Crippen molar-refractivity contribution in [3.8, 4) is 11.5 Å². The van der Waals surface area contributed by atoms with Crippen LogP contribution in [0.5, 0.6) is 11.5 Å². The van der Waals surface area contributed by atoms with E-state index in [1.54, 1.807) is 12.1 Å². The smallest absolute Gasteiger partial charge is 0.293 e. The summed E-state index contributed by atoms with van der Waals surface area (Å²) in [6.45, 7) is 2.75. The van der Waals surface area contributed by atoms with Gasteiger partial charge in [0.1, 0.15) is 6.61 Å². The molecule has 0 atom stereocenters. The molecule has 2 aromatic rings. The summed E-state index contributed by atoms with van der Waals surface area (Å²) in [6, 6.07) is 11.5. The molecule has 0 aromatic heterocycles. The first-order valence-corrected chi connectivity index (χ1v) is 10.8. The Bertz CT molecular complexity index is 944. The van der Waals surface area contributed by atoms with Gasteiger partial charge < -0.3 is 9.47 Å². The average molecular weight is 527 g/mol. The van der Waals surface area contributed by atoms with E-state index in [1.807, 2.05) is 37.3 Å². The molecule has 0 saturated carbocycles. The minimum absolute atomic E-state index is 0.283. The number of imide groups is 1. The number of likely N-dealkylation sites (N-methyl/N-ethyl adjacent to an activating group) is 1. The van der Waals surface area contributed by atoms with Gasteiger partial charge in [-0.05, 0) is 76.1 Å². The van der Waals surface area contributed by atoms with Crippen molar-refractivity contribution >= 4 is 60.8 Å². The van der Waals surface area contributed by atoms with Crippen molar-refractivity contribution in [1.82, 2.24) is 4.90 Å². The maximum atomic E-state index is 12.1. The molecule has 146 valence electrons. The molecule has 0 bridgehead atoms. The molecular weight excluding hydrogens is 510 g/mol. The number of carbonyl (C=O) groups excluding carboxylic acids is 2. The Labute approximate surface area is 184 Å². The zero-order valence-electron chi connectivity index (χ0n) is 15.2. The third-order valence-corrected chi connectivity index (χ3v) is 5.99. The van der Waals surface area contributed by atoms with Crippen molar-refractivity contribution in [2.24, 2.45) is 0 Å². The number of nitrogens with zero attached hydrogens (tertiary/aromatic N) is 1. The van der Waals surface area contributed by atoms with E-state index >= 15 is 0 Å². The number of halogens is 2. The molecule has 1 heterocycles. The van der Waals surface area contributed by atoms with Crippen LogP contribution >= 0.6 is 43.6 Å². The molecule has 0 unspecified atom stereocenters. The molecule has 2 aromatic carbocycles. The summed E-state index contributed by atoms with van der Waals surface area (Å²) in [7, 11) is 1.47. The second kappa shape index (κ2) is 9.15. The summed E-state index contributed by atoms with van der Waals surface area (Å²) in [6.07, 6.45) is 1.68. The molecule has 1 saturated heterocycles. The molecule has 1 aliphatic rings. The minimum atomic E-state index is -0.306. The van der Waals surface area contributed by atoms with Gasteiger partial charge in [-0.1, -0.05) is 28.1 Å². The van der Waals surface area contributed by atoms with Gasteiger partial charge in [0.2, 0.25) is 0 Å². The maximum Gasteiger partial charge on any atom is 0.293 e. The van der Waals surface area contributed by atoms with Gasteiger partial charge >= 0.3 is 0 Å². The van der Waals surface area contributed by atoms with Crippen molar-refractivity contribution in [3.63, 3.8) is 0 Å². The molecule has 1 fully saturated rings. The van der Waals surface area contributed by atoms with E-state index in [-0.39, 0.29) is 11.1 Å². The Kier molecular flexibility index (Phi) is 6.85. The van der Waals surface area contributed by atoms with Crippen molar-refractivity contribution in [2.45, 2.75) is 13.5 Å². The van der Waals surface area contributed by atoms with Gasteiger partial charge in [-0.15, -0.1) is 0 Å². The summed E-state index contributed by atoms with van der Waals surface area (Å²) in [5, 5.41) is -0.283. The lowest BCUT2D eigenvalue weighted by molar-refractivity contribution is -0.121. The summed E-state index contributed by atoms with van der Waals surface area (Å²) in [5.41, 5.74) is 1.77. The van der Waals surface area contributed by atoms with Gasteiger partial charge in [0.25, 0.3) is 11.1 Å². The van der Waals surface area contributed by atoms with Crippen LogP contribution in [0.2, 0.25) is 0 Å². The number of hydrogen-bond donors (Lipinski definition) is 0. The molecule has 0 aliphatic carbocycles. The van der Waals surface area contributed by atoms with E-state index in [9.17, 15) is 9.59 Å². The lowest BCUT2D eigenvalue weighted by atomic mass is 10.1. The predicted molar refractivity (Wildman–Crippen MR) is 118 cm³/mol. The quantitative estimate of drug-likeness (QED) is 0.441. The Balaban J connectivity index is 1.86. The van der Waals surface area contributed by atoms with Gasteiger partial charge in [-0.25, -0.2) is 0 Å². The summed E-state index contributed by atoms with van der Waals surface area (Å²) in [4.78, 5) is 25.3. The Morgan fingerprint density at radius 2 is 1.82 bits per heavy atom. The fourth-order valence-electron chi connectivity index (χ4n) is 2.51. The van der Waals surface area contributed by atoms with Crippen LogP contribution in [0.1, 0.15) is 18.1 Å². The van der Waals surface area contributed by atoms with E-state index in [1.165, 1.54) is 7.05 Å². The third-order valence-electron chi connectivity index (χ3n) is 3.91.